The summed E-state index contributed by atoms with van der Waals surface area (Å²) < 4.78 is 33.9. The Hall–Kier alpha value is -1.15. The fourth-order valence-corrected chi connectivity index (χ4v) is 1.42. The van der Waals surface area contributed by atoms with E-state index in [9.17, 15) is 18.0 Å². The smallest absolute Gasteiger partial charge is 0.407 e. The van der Waals surface area contributed by atoms with Gasteiger partial charge in [-0.3, -0.25) is 9.35 Å². The van der Waals surface area contributed by atoms with E-state index in [1.54, 1.807) is 13.8 Å². The maximum atomic E-state index is 11.3. The van der Waals surface area contributed by atoms with E-state index in [0.717, 1.165) is 0 Å². The zero-order chi connectivity index (χ0) is 13.5. The summed E-state index contributed by atoms with van der Waals surface area (Å²) in [6, 6.07) is 0. The Labute approximate surface area is 100 Å². The Balaban J connectivity index is 4.04. The predicted octanol–water partition coefficient (Wildman–Crippen LogP) is 0.358. The maximum Gasteiger partial charge on any atom is 0.407 e. The minimum atomic E-state index is -4.11. The fourth-order valence-electron chi connectivity index (χ4n) is 1.06. The number of amides is 1. The van der Waals surface area contributed by atoms with Crippen molar-refractivity contribution in [3.8, 4) is 0 Å². The summed E-state index contributed by atoms with van der Waals surface area (Å²) >= 11 is 0. The average Bonchev–Trinajstić information content (AvgIpc) is 2.23. The molecule has 0 rings (SSSR count). The monoisotopic (exact) mass is 267 g/mol. The molecule has 0 fully saturated rings. The predicted molar refractivity (Wildman–Crippen MR) is 60.3 cm³/mol. The molecule has 0 aliphatic heterocycles. The molecule has 0 aromatic carbocycles. The van der Waals surface area contributed by atoms with Crippen molar-refractivity contribution >= 4 is 22.0 Å². The van der Waals surface area contributed by atoms with Crippen LogP contribution in [0, 0.1) is 0 Å². The second-order valence-electron chi connectivity index (χ2n) is 3.33. The van der Waals surface area contributed by atoms with Crippen LogP contribution in [0.25, 0.3) is 0 Å². The summed E-state index contributed by atoms with van der Waals surface area (Å²) in [6.07, 6.45) is -1.07. The Morgan fingerprint density at radius 2 is 1.94 bits per heavy atom. The van der Waals surface area contributed by atoms with Crippen LogP contribution in [0.3, 0.4) is 0 Å². The van der Waals surface area contributed by atoms with Crippen molar-refractivity contribution < 1.29 is 27.3 Å². The highest BCUT2D eigenvalue weighted by Gasteiger charge is 2.19. The van der Waals surface area contributed by atoms with Crippen molar-refractivity contribution in [1.29, 1.82) is 0 Å². The zero-order valence-corrected chi connectivity index (χ0v) is 10.6. The molecule has 7 nitrogen and oxygen atoms in total. The quantitative estimate of drug-likeness (QED) is 0.644. The van der Waals surface area contributed by atoms with Gasteiger partial charge in [0.15, 0.2) is 11.9 Å². The lowest BCUT2D eigenvalue weighted by Gasteiger charge is -2.14. The van der Waals surface area contributed by atoms with Gasteiger partial charge in [-0.25, -0.2) is 4.79 Å². The number of hydrogen-bond donors (Lipinski definition) is 2. The topological polar surface area (TPSA) is 110 Å². The van der Waals surface area contributed by atoms with Gasteiger partial charge < -0.3 is 10.1 Å². The molecule has 0 radical (unpaired) electrons. The largest absolute Gasteiger partial charge is 0.438 e. The first-order valence-electron chi connectivity index (χ1n) is 5.22. The molecule has 0 saturated carbocycles. The van der Waals surface area contributed by atoms with Gasteiger partial charge in [-0.1, -0.05) is 13.8 Å². The van der Waals surface area contributed by atoms with Gasteiger partial charge in [0.1, 0.15) is 0 Å². The number of nitrogens with one attached hydrogen (secondary N) is 1. The van der Waals surface area contributed by atoms with Gasteiger partial charge in [0, 0.05) is 13.0 Å². The third-order valence-corrected chi connectivity index (χ3v) is 2.68. The molecule has 1 amide bonds. The van der Waals surface area contributed by atoms with Gasteiger partial charge >= 0.3 is 6.09 Å². The van der Waals surface area contributed by atoms with Crippen LogP contribution >= 0.6 is 0 Å². The van der Waals surface area contributed by atoms with Crippen molar-refractivity contribution in [2.75, 3.05) is 12.3 Å². The summed E-state index contributed by atoms with van der Waals surface area (Å²) in [5.74, 6) is -0.793. The molecule has 1 atom stereocenters. The molecule has 0 bridgehead atoms. The van der Waals surface area contributed by atoms with Crippen LogP contribution in [0.5, 0.6) is 0 Å². The molecule has 0 saturated heterocycles. The first kappa shape index (κ1) is 15.9. The molecule has 0 aliphatic carbocycles. The van der Waals surface area contributed by atoms with Crippen molar-refractivity contribution in [3.63, 3.8) is 0 Å². The van der Waals surface area contributed by atoms with Crippen LogP contribution in [-0.4, -0.2) is 43.2 Å². The number of rotatable bonds is 7. The molecule has 0 aliphatic rings. The van der Waals surface area contributed by atoms with Crippen molar-refractivity contribution in [2.45, 2.75) is 32.8 Å². The van der Waals surface area contributed by atoms with Crippen molar-refractivity contribution in [1.82, 2.24) is 5.32 Å². The summed E-state index contributed by atoms with van der Waals surface area (Å²) in [6.45, 7) is 3.09. The third-order valence-electron chi connectivity index (χ3n) is 1.96. The normalized spacial score (nSPS) is 12.9. The lowest BCUT2D eigenvalue weighted by molar-refractivity contribution is -0.127. The molecule has 17 heavy (non-hydrogen) atoms. The van der Waals surface area contributed by atoms with Crippen LogP contribution < -0.4 is 5.32 Å². The minimum absolute atomic E-state index is 0.197. The van der Waals surface area contributed by atoms with Crippen molar-refractivity contribution in [3.05, 3.63) is 0 Å². The Morgan fingerprint density at radius 3 is 2.35 bits per heavy atom. The highest BCUT2D eigenvalue weighted by molar-refractivity contribution is 7.85. The first-order chi connectivity index (χ1) is 7.80. The number of carbonyl (C=O) groups is 2. The van der Waals surface area contributed by atoms with Crippen LogP contribution in [0.2, 0.25) is 0 Å². The van der Waals surface area contributed by atoms with Crippen LogP contribution in [0.15, 0.2) is 0 Å². The standard InChI is InChI=1S/C9H17NO6S/c1-3-7(11)8(4-2)16-9(12)10-5-6-17(13,14)15/h8H,3-6H2,1-2H3,(H,10,12)(H,13,14,15). The summed E-state index contributed by atoms with van der Waals surface area (Å²) in [5, 5.41) is 2.13. The van der Waals surface area contributed by atoms with E-state index >= 15 is 0 Å². The van der Waals surface area contributed by atoms with E-state index in [4.69, 9.17) is 9.29 Å². The van der Waals surface area contributed by atoms with Gasteiger partial charge in [0.25, 0.3) is 10.1 Å². The van der Waals surface area contributed by atoms with E-state index in [-0.39, 0.29) is 18.7 Å². The SMILES string of the molecule is CCC(=O)C(CC)OC(=O)NCCS(=O)(=O)O. The summed E-state index contributed by atoms with van der Waals surface area (Å²) in [4.78, 5) is 22.4. The molecule has 100 valence electrons. The molecular weight excluding hydrogens is 250 g/mol. The van der Waals surface area contributed by atoms with Crippen molar-refractivity contribution in [2.24, 2.45) is 0 Å². The molecule has 0 heterocycles. The number of carbonyl (C=O) groups excluding carboxylic acids is 2. The molecule has 2 N–H and O–H groups in total. The third kappa shape index (κ3) is 7.70. The Bertz CT molecular complexity index is 364. The summed E-state index contributed by atoms with van der Waals surface area (Å²) in [5.41, 5.74) is 0. The number of hydrogen-bond acceptors (Lipinski definition) is 5. The molecule has 0 spiro atoms. The lowest BCUT2D eigenvalue weighted by atomic mass is 10.1. The van der Waals surface area contributed by atoms with Crippen LogP contribution in [0.1, 0.15) is 26.7 Å². The van der Waals surface area contributed by atoms with Crippen LogP contribution in [0.4, 0.5) is 4.79 Å². The van der Waals surface area contributed by atoms with E-state index in [1.165, 1.54) is 0 Å². The van der Waals surface area contributed by atoms with E-state index < -0.39 is 28.1 Å². The Morgan fingerprint density at radius 1 is 1.35 bits per heavy atom. The molecule has 0 aromatic heterocycles. The average molecular weight is 267 g/mol. The van der Waals surface area contributed by atoms with Gasteiger partial charge in [-0.2, -0.15) is 8.42 Å². The van der Waals surface area contributed by atoms with Gasteiger partial charge in [-0.05, 0) is 6.42 Å². The number of Topliss-reactive ketones (excluding diaryl/α,β-unsaturated/α-hetero) is 1. The molecular formula is C9H17NO6S. The maximum absolute atomic E-state index is 11.3. The van der Waals surface area contributed by atoms with Gasteiger partial charge in [-0.15, -0.1) is 0 Å². The molecule has 8 heteroatoms. The Kier molecular flexibility index (Phi) is 6.74. The van der Waals surface area contributed by atoms with Gasteiger partial charge in [0.05, 0.1) is 5.75 Å². The number of ketones is 1. The number of alkyl carbamates (subject to hydrolysis) is 1. The van der Waals surface area contributed by atoms with E-state index in [1.807, 2.05) is 0 Å². The first-order valence-corrected chi connectivity index (χ1v) is 6.83. The summed E-state index contributed by atoms with van der Waals surface area (Å²) in [7, 11) is -4.11. The van der Waals surface area contributed by atoms with Gasteiger partial charge in [0.2, 0.25) is 0 Å². The second kappa shape index (κ2) is 7.23. The fraction of sp³-hybridized carbons (Fsp3) is 0.778. The zero-order valence-electron chi connectivity index (χ0n) is 9.80. The second-order valence-corrected chi connectivity index (χ2v) is 4.91. The van der Waals surface area contributed by atoms with E-state index in [0.29, 0.717) is 6.42 Å². The molecule has 0 aromatic rings. The lowest BCUT2D eigenvalue weighted by Crippen LogP contribution is -2.35. The minimum Gasteiger partial charge on any atom is -0.438 e. The highest BCUT2D eigenvalue weighted by atomic mass is 32.2. The van der Waals surface area contributed by atoms with Crippen LogP contribution in [-0.2, 0) is 19.6 Å². The van der Waals surface area contributed by atoms with E-state index in [2.05, 4.69) is 5.32 Å². The molecule has 1 unspecified atom stereocenters. The highest BCUT2D eigenvalue weighted by Crippen LogP contribution is 2.02. The number of ether oxygens (including phenoxy) is 1.